The highest BCUT2D eigenvalue weighted by Gasteiger charge is 2.42. The van der Waals surface area contributed by atoms with E-state index in [0.717, 1.165) is 36.1 Å². The molecule has 1 atom stereocenters. The van der Waals surface area contributed by atoms with Gasteiger partial charge in [0.1, 0.15) is 5.75 Å². The van der Waals surface area contributed by atoms with E-state index in [-0.39, 0.29) is 11.5 Å². The molecule has 6 heteroatoms. The minimum Gasteiger partial charge on any atom is -0.438 e. The normalized spacial score (nSPS) is 19.5. The third-order valence-electron chi connectivity index (χ3n) is 6.72. The molecule has 1 saturated carbocycles. The molecule has 2 heterocycles. The largest absolute Gasteiger partial charge is 0.438 e. The van der Waals surface area contributed by atoms with Crippen molar-refractivity contribution in [1.29, 1.82) is 0 Å². The van der Waals surface area contributed by atoms with E-state index in [1.165, 1.54) is 37.4 Å². The van der Waals surface area contributed by atoms with Crippen molar-refractivity contribution >= 4 is 16.7 Å². The Morgan fingerprint density at radius 3 is 2.69 bits per heavy atom. The summed E-state index contributed by atoms with van der Waals surface area (Å²) in [5.41, 5.74) is 1.88. The van der Waals surface area contributed by atoms with Gasteiger partial charge in [-0.3, -0.25) is 4.79 Å². The molecule has 1 aliphatic heterocycles. The topological polar surface area (TPSA) is 72.5 Å². The lowest BCUT2D eigenvalue weighted by molar-refractivity contribution is 0.00989. The minimum atomic E-state index is -0.169. The van der Waals surface area contributed by atoms with Crippen LogP contribution < -0.4 is 15.4 Å². The van der Waals surface area contributed by atoms with E-state index in [0.29, 0.717) is 17.5 Å². The van der Waals surface area contributed by atoms with E-state index in [9.17, 15) is 4.79 Å². The van der Waals surface area contributed by atoms with Crippen LogP contribution in [0.3, 0.4) is 0 Å². The van der Waals surface area contributed by atoms with Crippen LogP contribution in [-0.2, 0) is 11.3 Å². The Bertz CT molecular complexity index is 1110. The highest BCUT2D eigenvalue weighted by molar-refractivity contribution is 5.93. The van der Waals surface area contributed by atoms with Gasteiger partial charge in [0.05, 0.1) is 17.8 Å². The molecule has 2 aliphatic rings. The maximum Gasteiger partial charge on any atom is 0.252 e. The summed E-state index contributed by atoms with van der Waals surface area (Å²) < 4.78 is 12.3. The lowest BCUT2D eigenvalue weighted by Gasteiger charge is -2.21. The Morgan fingerprint density at radius 2 is 1.94 bits per heavy atom. The van der Waals surface area contributed by atoms with Gasteiger partial charge in [0.15, 0.2) is 0 Å². The lowest BCUT2D eigenvalue weighted by Crippen LogP contribution is -2.31. The van der Waals surface area contributed by atoms with Crippen LogP contribution in [0.4, 0.5) is 0 Å². The van der Waals surface area contributed by atoms with E-state index in [4.69, 9.17) is 9.47 Å². The van der Waals surface area contributed by atoms with E-state index < -0.39 is 0 Å². The van der Waals surface area contributed by atoms with Crippen molar-refractivity contribution in [2.45, 2.75) is 50.3 Å². The summed E-state index contributed by atoms with van der Waals surface area (Å²) in [6.45, 7) is 1.60. The van der Waals surface area contributed by atoms with Crippen LogP contribution in [0.25, 0.3) is 10.8 Å². The first-order valence-electron chi connectivity index (χ1n) is 11.4. The highest BCUT2D eigenvalue weighted by atomic mass is 16.5. The van der Waals surface area contributed by atoms with Gasteiger partial charge in [0, 0.05) is 37.3 Å². The van der Waals surface area contributed by atoms with Crippen LogP contribution >= 0.6 is 0 Å². The number of benzene rings is 2. The quantitative estimate of drug-likeness (QED) is 0.598. The van der Waals surface area contributed by atoms with Crippen molar-refractivity contribution in [2.75, 3.05) is 13.7 Å². The van der Waals surface area contributed by atoms with Gasteiger partial charge in [-0.25, -0.2) is 4.98 Å². The molecule has 0 bridgehead atoms. The standard InChI is InChI=1S/C26H29N3O3/c1-27-25(30)19-9-11-24(29-16-19)32-23-10-8-18(21-6-2-3-7-22(21)23)15-28-20-14-26(31-17-20)12-4-5-13-26/h2-3,6-11,16,20,28H,4-5,12-15,17H2,1H3,(H,27,30). The molecule has 1 aromatic heterocycles. The number of nitrogens with one attached hydrogen (secondary N) is 2. The van der Waals surface area contributed by atoms with Gasteiger partial charge >= 0.3 is 0 Å². The fourth-order valence-electron chi connectivity index (χ4n) is 5.01. The first kappa shape index (κ1) is 20.9. The summed E-state index contributed by atoms with van der Waals surface area (Å²) in [7, 11) is 1.60. The zero-order valence-electron chi connectivity index (χ0n) is 18.4. The van der Waals surface area contributed by atoms with E-state index in [1.54, 1.807) is 19.2 Å². The molecule has 1 spiro atoms. The van der Waals surface area contributed by atoms with E-state index in [2.05, 4.69) is 39.9 Å². The number of hydrogen-bond donors (Lipinski definition) is 2. The van der Waals surface area contributed by atoms with Crippen LogP contribution in [0.5, 0.6) is 11.6 Å². The first-order chi connectivity index (χ1) is 15.7. The second kappa shape index (κ2) is 8.88. The smallest absolute Gasteiger partial charge is 0.252 e. The molecule has 5 rings (SSSR count). The predicted molar refractivity (Wildman–Crippen MR) is 124 cm³/mol. The highest BCUT2D eigenvalue weighted by Crippen LogP contribution is 2.41. The molecule has 2 N–H and O–H groups in total. The van der Waals surface area contributed by atoms with Crippen LogP contribution in [0.15, 0.2) is 54.7 Å². The summed E-state index contributed by atoms with van der Waals surface area (Å²) in [4.78, 5) is 16.0. The maximum atomic E-state index is 11.7. The van der Waals surface area contributed by atoms with Crippen molar-refractivity contribution in [2.24, 2.45) is 0 Å². The predicted octanol–water partition coefficient (Wildman–Crippen LogP) is 4.58. The van der Waals surface area contributed by atoms with Gasteiger partial charge in [-0.15, -0.1) is 0 Å². The average molecular weight is 432 g/mol. The van der Waals surface area contributed by atoms with Gasteiger partial charge in [0.2, 0.25) is 5.88 Å². The number of hydrogen-bond acceptors (Lipinski definition) is 5. The fourth-order valence-corrected chi connectivity index (χ4v) is 5.01. The van der Waals surface area contributed by atoms with Crippen LogP contribution in [0.2, 0.25) is 0 Å². The van der Waals surface area contributed by atoms with Crippen molar-refractivity contribution in [1.82, 2.24) is 15.6 Å². The fraction of sp³-hybridized carbons (Fsp3) is 0.385. The number of ether oxygens (including phenoxy) is 2. The Balaban J connectivity index is 1.31. The summed E-state index contributed by atoms with van der Waals surface area (Å²) in [6, 6.07) is 16.2. The Labute approximate surface area is 188 Å². The molecule has 1 amide bonds. The number of rotatable bonds is 6. The van der Waals surface area contributed by atoms with E-state index in [1.807, 2.05) is 12.1 Å². The summed E-state index contributed by atoms with van der Waals surface area (Å²) in [5, 5.41) is 8.51. The number of carbonyl (C=O) groups excluding carboxylic acids is 1. The molecule has 1 aliphatic carbocycles. The number of carbonyl (C=O) groups is 1. The van der Waals surface area contributed by atoms with Crippen molar-refractivity contribution < 1.29 is 14.3 Å². The van der Waals surface area contributed by atoms with Gasteiger partial charge in [0.25, 0.3) is 5.91 Å². The molecular formula is C26H29N3O3. The Kier molecular flexibility index (Phi) is 5.81. The third-order valence-corrected chi connectivity index (χ3v) is 6.72. The van der Waals surface area contributed by atoms with Gasteiger partial charge in [-0.1, -0.05) is 43.2 Å². The van der Waals surface area contributed by atoms with Crippen LogP contribution in [0, 0.1) is 0 Å². The minimum absolute atomic E-state index is 0.137. The lowest BCUT2D eigenvalue weighted by atomic mass is 9.96. The number of pyridine rings is 1. The molecule has 6 nitrogen and oxygen atoms in total. The maximum absolute atomic E-state index is 11.7. The van der Waals surface area contributed by atoms with E-state index >= 15 is 0 Å². The second-order valence-corrected chi connectivity index (χ2v) is 8.82. The second-order valence-electron chi connectivity index (χ2n) is 8.82. The van der Waals surface area contributed by atoms with Crippen LogP contribution in [0.1, 0.15) is 48.0 Å². The summed E-state index contributed by atoms with van der Waals surface area (Å²) in [6.07, 6.45) is 7.64. The molecule has 166 valence electrons. The van der Waals surface area contributed by atoms with Crippen molar-refractivity contribution in [3.05, 3.63) is 65.9 Å². The SMILES string of the molecule is CNC(=O)c1ccc(Oc2ccc(CNC3COC4(CCCC4)C3)c3ccccc23)nc1. The number of fused-ring (bicyclic) bond motifs is 1. The first-order valence-corrected chi connectivity index (χ1v) is 11.4. The Hall–Kier alpha value is -2.96. The Morgan fingerprint density at radius 1 is 1.12 bits per heavy atom. The molecule has 1 unspecified atom stereocenters. The summed E-state index contributed by atoms with van der Waals surface area (Å²) in [5.74, 6) is 1.04. The monoisotopic (exact) mass is 431 g/mol. The van der Waals surface area contributed by atoms with Crippen molar-refractivity contribution in [3.63, 3.8) is 0 Å². The zero-order chi connectivity index (χ0) is 22.0. The molecule has 32 heavy (non-hydrogen) atoms. The molecule has 3 aromatic rings. The summed E-state index contributed by atoms with van der Waals surface area (Å²) >= 11 is 0. The van der Waals surface area contributed by atoms with Crippen molar-refractivity contribution in [3.8, 4) is 11.6 Å². The molecule has 1 saturated heterocycles. The molecule has 2 aromatic carbocycles. The van der Waals surface area contributed by atoms with Gasteiger partial charge in [-0.05, 0) is 42.3 Å². The third kappa shape index (κ3) is 4.20. The number of amides is 1. The molecule has 2 fully saturated rings. The van der Waals surface area contributed by atoms with Gasteiger partial charge in [-0.2, -0.15) is 0 Å². The average Bonchev–Trinajstić information content (AvgIpc) is 3.47. The van der Waals surface area contributed by atoms with Gasteiger partial charge < -0.3 is 20.1 Å². The number of nitrogens with zero attached hydrogens (tertiary/aromatic N) is 1. The molecule has 0 radical (unpaired) electrons. The zero-order valence-corrected chi connectivity index (χ0v) is 18.4. The number of aromatic nitrogens is 1. The van der Waals surface area contributed by atoms with Crippen LogP contribution in [-0.4, -0.2) is 36.2 Å². The molecular weight excluding hydrogens is 402 g/mol.